The summed E-state index contributed by atoms with van der Waals surface area (Å²) in [6, 6.07) is 0. The van der Waals surface area contributed by atoms with Crippen LogP contribution in [-0.4, -0.2) is 26.1 Å². The van der Waals surface area contributed by atoms with Gasteiger partial charge in [-0.25, -0.2) is 9.97 Å². The lowest BCUT2D eigenvalue weighted by Gasteiger charge is -2.34. The van der Waals surface area contributed by atoms with E-state index in [0.717, 1.165) is 12.4 Å². The number of halogens is 2. The van der Waals surface area contributed by atoms with Crippen molar-refractivity contribution < 1.29 is 4.74 Å². The Labute approximate surface area is 119 Å². The predicted molar refractivity (Wildman–Crippen MR) is 71.4 cm³/mol. The summed E-state index contributed by atoms with van der Waals surface area (Å²) >= 11 is 12.0. The van der Waals surface area contributed by atoms with Gasteiger partial charge in [-0.2, -0.15) is 4.98 Å². The van der Waals surface area contributed by atoms with Crippen LogP contribution in [0.5, 0.6) is 0 Å². The average molecular weight is 299 g/mol. The van der Waals surface area contributed by atoms with E-state index >= 15 is 0 Å². The van der Waals surface area contributed by atoms with Crippen molar-refractivity contribution in [3.8, 4) is 0 Å². The first kappa shape index (κ1) is 11.9. The van der Waals surface area contributed by atoms with Crippen LogP contribution in [0.1, 0.15) is 25.6 Å². The standard InChI is InChI=1S/C12H12Cl2N4O/c1-12(6-2-3-6)10-15-7-8(13)16-11(14)17-9(7)18(10)4-5-19-12/h6H,2-5H2,1H3. The molecule has 1 aliphatic carbocycles. The first-order valence-electron chi connectivity index (χ1n) is 6.33. The molecule has 0 radical (unpaired) electrons. The zero-order valence-electron chi connectivity index (χ0n) is 10.4. The van der Waals surface area contributed by atoms with Gasteiger partial charge in [0.2, 0.25) is 5.28 Å². The highest BCUT2D eigenvalue weighted by molar-refractivity contribution is 6.35. The van der Waals surface area contributed by atoms with Gasteiger partial charge in [0, 0.05) is 6.54 Å². The largest absolute Gasteiger partial charge is 0.365 e. The van der Waals surface area contributed by atoms with E-state index in [9.17, 15) is 0 Å². The predicted octanol–water partition coefficient (Wildman–Crippen LogP) is 2.79. The SMILES string of the molecule is CC1(C2CC2)OCCn2c1nc1c(Cl)nc(Cl)nc12. The van der Waals surface area contributed by atoms with Crippen LogP contribution in [0.4, 0.5) is 0 Å². The Morgan fingerprint density at radius 2 is 2.05 bits per heavy atom. The molecule has 1 aliphatic heterocycles. The number of nitrogens with zero attached hydrogens (tertiary/aromatic N) is 4. The summed E-state index contributed by atoms with van der Waals surface area (Å²) in [5.41, 5.74) is 0.975. The number of imidazole rings is 1. The smallest absolute Gasteiger partial charge is 0.225 e. The third-order valence-corrected chi connectivity index (χ3v) is 4.47. The molecule has 2 aromatic heterocycles. The minimum atomic E-state index is -0.339. The Balaban J connectivity index is 2.01. The van der Waals surface area contributed by atoms with Crippen molar-refractivity contribution >= 4 is 34.4 Å². The molecule has 2 aliphatic rings. The quantitative estimate of drug-likeness (QED) is 0.600. The highest BCUT2D eigenvalue weighted by Gasteiger charge is 2.49. The molecule has 0 spiro atoms. The molecule has 3 heterocycles. The van der Waals surface area contributed by atoms with E-state index in [0.29, 0.717) is 28.8 Å². The van der Waals surface area contributed by atoms with Crippen molar-refractivity contribution in [1.29, 1.82) is 0 Å². The molecule has 1 unspecified atom stereocenters. The molecule has 0 amide bonds. The number of hydrogen-bond donors (Lipinski definition) is 0. The second-order valence-corrected chi connectivity index (χ2v) is 5.97. The number of fused-ring (bicyclic) bond motifs is 3. The van der Waals surface area contributed by atoms with Crippen molar-refractivity contribution in [2.75, 3.05) is 6.61 Å². The van der Waals surface area contributed by atoms with Crippen molar-refractivity contribution in [1.82, 2.24) is 19.5 Å². The molecule has 0 N–H and O–H groups in total. The number of aromatic nitrogens is 4. The monoisotopic (exact) mass is 298 g/mol. The van der Waals surface area contributed by atoms with Crippen LogP contribution in [-0.2, 0) is 16.9 Å². The maximum absolute atomic E-state index is 6.12. The molecule has 7 heteroatoms. The van der Waals surface area contributed by atoms with Crippen LogP contribution in [0.15, 0.2) is 0 Å². The highest BCUT2D eigenvalue weighted by atomic mass is 35.5. The Morgan fingerprint density at radius 1 is 1.26 bits per heavy atom. The van der Waals surface area contributed by atoms with E-state index in [-0.39, 0.29) is 10.9 Å². The molecule has 0 saturated heterocycles. The Hall–Kier alpha value is -0.910. The fraction of sp³-hybridized carbons (Fsp3) is 0.583. The maximum atomic E-state index is 6.12. The third kappa shape index (κ3) is 1.61. The number of ether oxygens (including phenoxy) is 1. The molecule has 1 fully saturated rings. The van der Waals surface area contributed by atoms with Gasteiger partial charge in [0.05, 0.1) is 6.61 Å². The van der Waals surface area contributed by atoms with E-state index in [4.69, 9.17) is 27.9 Å². The normalized spacial score (nSPS) is 26.7. The van der Waals surface area contributed by atoms with Crippen LogP contribution in [0.2, 0.25) is 10.4 Å². The van der Waals surface area contributed by atoms with Crippen LogP contribution in [0.3, 0.4) is 0 Å². The molecule has 4 rings (SSSR count). The number of rotatable bonds is 1. The Kier molecular flexibility index (Phi) is 2.38. The third-order valence-electron chi connectivity index (χ3n) is 4.04. The van der Waals surface area contributed by atoms with Crippen molar-refractivity contribution in [2.24, 2.45) is 5.92 Å². The molecular weight excluding hydrogens is 287 g/mol. The topological polar surface area (TPSA) is 52.8 Å². The molecule has 0 aromatic carbocycles. The molecule has 19 heavy (non-hydrogen) atoms. The Bertz CT molecular complexity index is 682. The first-order valence-corrected chi connectivity index (χ1v) is 7.09. The summed E-state index contributed by atoms with van der Waals surface area (Å²) < 4.78 is 8.07. The lowest BCUT2D eigenvalue weighted by Crippen LogP contribution is -2.38. The minimum Gasteiger partial charge on any atom is -0.365 e. The average Bonchev–Trinajstić information content (AvgIpc) is 3.14. The van der Waals surface area contributed by atoms with Gasteiger partial charge in [0.25, 0.3) is 0 Å². The van der Waals surface area contributed by atoms with Gasteiger partial charge in [-0.1, -0.05) is 11.6 Å². The fourth-order valence-electron chi connectivity index (χ4n) is 2.88. The zero-order valence-corrected chi connectivity index (χ0v) is 11.9. The molecule has 5 nitrogen and oxygen atoms in total. The summed E-state index contributed by atoms with van der Waals surface area (Å²) in [6.07, 6.45) is 2.36. The van der Waals surface area contributed by atoms with Crippen molar-refractivity contribution in [3.05, 3.63) is 16.3 Å². The van der Waals surface area contributed by atoms with E-state index in [2.05, 4.69) is 26.4 Å². The summed E-state index contributed by atoms with van der Waals surface area (Å²) in [5.74, 6) is 1.43. The first-order chi connectivity index (χ1) is 9.09. The van der Waals surface area contributed by atoms with Crippen LogP contribution in [0.25, 0.3) is 11.2 Å². The lowest BCUT2D eigenvalue weighted by atomic mass is 9.98. The van der Waals surface area contributed by atoms with Gasteiger partial charge in [0.15, 0.2) is 10.8 Å². The van der Waals surface area contributed by atoms with Crippen LogP contribution < -0.4 is 0 Å². The second kappa shape index (κ2) is 3.81. The molecule has 1 saturated carbocycles. The molecule has 100 valence electrons. The van der Waals surface area contributed by atoms with E-state index in [1.807, 2.05) is 0 Å². The van der Waals surface area contributed by atoms with E-state index in [1.165, 1.54) is 12.8 Å². The Morgan fingerprint density at radius 3 is 2.79 bits per heavy atom. The fourth-order valence-corrected chi connectivity index (χ4v) is 3.30. The molecule has 2 aromatic rings. The zero-order chi connectivity index (χ0) is 13.2. The van der Waals surface area contributed by atoms with Crippen LogP contribution in [0, 0.1) is 5.92 Å². The van der Waals surface area contributed by atoms with Gasteiger partial charge < -0.3 is 9.30 Å². The van der Waals surface area contributed by atoms with Gasteiger partial charge in [-0.3, -0.25) is 0 Å². The van der Waals surface area contributed by atoms with E-state index < -0.39 is 0 Å². The van der Waals surface area contributed by atoms with Gasteiger partial charge in [-0.15, -0.1) is 0 Å². The summed E-state index contributed by atoms with van der Waals surface area (Å²) in [7, 11) is 0. The van der Waals surface area contributed by atoms with Gasteiger partial charge in [0.1, 0.15) is 16.9 Å². The lowest BCUT2D eigenvalue weighted by molar-refractivity contribution is -0.0829. The highest BCUT2D eigenvalue weighted by Crippen LogP contribution is 2.49. The summed E-state index contributed by atoms with van der Waals surface area (Å²) in [4.78, 5) is 12.9. The summed E-state index contributed by atoms with van der Waals surface area (Å²) in [6.45, 7) is 3.48. The van der Waals surface area contributed by atoms with Crippen LogP contribution >= 0.6 is 23.2 Å². The second-order valence-electron chi connectivity index (χ2n) is 5.27. The van der Waals surface area contributed by atoms with Crippen molar-refractivity contribution in [3.63, 3.8) is 0 Å². The molecule has 0 bridgehead atoms. The minimum absolute atomic E-state index is 0.153. The van der Waals surface area contributed by atoms with Gasteiger partial charge in [-0.05, 0) is 37.3 Å². The summed E-state index contributed by atoms with van der Waals surface area (Å²) in [5, 5.41) is 0.454. The maximum Gasteiger partial charge on any atom is 0.225 e. The van der Waals surface area contributed by atoms with Gasteiger partial charge >= 0.3 is 0 Å². The van der Waals surface area contributed by atoms with Crippen molar-refractivity contribution in [2.45, 2.75) is 31.9 Å². The van der Waals surface area contributed by atoms with E-state index in [1.54, 1.807) is 0 Å². The molecular formula is C12H12Cl2N4O. The molecule has 1 atom stereocenters. The number of hydrogen-bond acceptors (Lipinski definition) is 4.